The Labute approximate surface area is 174 Å². The molecule has 3 rings (SSSR count). The Bertz CT molecular complexity index is 923. The highest BCUT2D eigenvalue weighted by atomic mass is 16.5. The first-order valence-corrected chi connectivity index (χ1v) is 10.6. The highest BCUT2D eigenvalue weighted by Gasteiger charge is 2.09. The Balaban J connectivity index is 1.69. The van der Waals surface area contributed by atoms with Crippen molar-refractivity contribution >= 4 is 0 Å². The normalized spacial score (nSPS) is 10.6. The largest absolute Gasteiger partial charge is 0.381 e. The molecule has 0 aliphatic heterocycles. The van der Waals surface area contributed by atoms with Crippen molar-refractivity contribution in [3.05, 3.63) is 83.9 Å². The SMILES string of the molecule is CCCCCCOCCc1ccc(-c2cc(C#N)ccc2-c2ccccc2)cc1. The maximum Gasteiger partial charge on any atom is 0.0991 e. The number of rotatable bonds is 10. The molecule has 0 aliphatic rings. The molecular formula is C27H29NO. The van der Waals surface area contributed by atoms with E-state index in [1.807, 2.05) is 36.4 Å². The highest BCUT2D eigenvalue weighted by Crippen LogP contribution is 2.33. The number of hydrogen-bond acceptors (Lipinski definition) is 2. The van der Waals surface area contributed by atoms with Crippen molar-refractivity contribution in [1.29, 1.82) is 5.26 Å². The lowest BCUT2D eigenvalue weighted by Gasteiger charge is -2.12. The van der Waals surface area contributed by atoms with Gasteiger partial charge < -0.3 is 4.74 Å². The van der Waals surface area contributed by atoms with Crippen molar-refractivity contribution in [2.75, 3.05) is 13.2 Å². The molecule has 0 heterocycles. The Kier molecular flexibility index (Phi) is 8.04. The molecular weight excluding hydrogens is 354 g/mol. The van der Waals surface area contributed by atoms with Crippen LogP contribution in [0.15, 0.2) is 72.8 Å². The number of nitrogens with zero attached hydrogens (tertiary/aromatic N) is 1. The lowest BCUT2D eigenvalue weighted by atomic mass is 9.92. The molecule has 0 unspecified atom stereocenters. The summed E-state index contributed by atoms with van der Waals surface area (Å²) in [4.78, 5) is 0. The average Bonchev–Trinajstić information content (AvgIpc) is 2.79. The molecule has 0 aromatic heterocycles. The number of benzene rings is 3. The molecule has 0 N–H and O–H groups in total. The van der Waals surface area contributed by atoms with Gasteiger partial charge in [-0.15, -0.1) is 0 Å². The van der Waals surface area contributed by atoms with Crippen LogP contribution in [0.5, 0.6) is 0 Å². The van der Waals surface area contributed by atoms with E-state index in [4.69, 9.17) is 4.74 Å². The number of unbranched alkanes of at least 4 members (excludes halogenated alkanes) is 3. The second-order valence-electron chi connectivity index (χ2n) is 7.36. The topological polar surface area (TPSA) is 33.0 Å². The van der Waals surface area contributed by atoms with Gasteiger partial charge in [0.1, 0.15) is 0 Å². The molecule has 3 aromatic rings. The molecule has 0 bridgehead atoms. The minimum Gasteiger partial charge on any atom is -0.381 e. The van der Waals surface area contributed by atoms with Crippen molar-refractivity contribution in [3.8, 4) is 28.3 Å². The van der Waals surface area contributed by atoms with Gasteiger partial charge in [-0.2, -0.15) is 5.26 Å². The maximum atomic E-state index is 9.34. The summed E-state index contributed by atoms with van der Waals surface area (Å²) in [6, 6.07) is 27.1. The van der Waals surface area contributed by atoms with Gasteiger partial charge in [-0.1, -0.05) is 86.8 Å². The first-order chi connectivity index (χ1) is 14.3. The van der Waals surface area contributed by atoms with Crippen molar-refractivity contribution < 1.29 is 4.74 Å². The Morgan fingerprint density at radius 1 is 0.759 bits per heavy atom. The van der Waals surface area contributed by atoms with Crippen LogP contribution in [0.4, 0.5) is 0 Å². The lowest BCUT2D eigenvalue weighted by molar-refractivity contribution is 0.133. The number of ether oxygens (including phenoxy) is 1. The summed E-state index contributed by atoms with van der Waals surface area (Å²) in [5.41, 5.74) is 6.49. The van der Waals surface area contributed by atoms with E-state index < -0.39 is 0 Å². The maximum absolute atomic E-state index is 9.34. The quantitative estimate of drug-likeness (QED) is 0.352. The standard InChI is InChI=1S/C27H29NO/c1-2-3-4-8-18-29-19-17-22-11-14-25(15-12-22)27-20-23(21-28)13-16-26(27)24-9-6-5-7-10-24/h5-7,9-16,20H,2-4,8,17-19H2,1H3. The van der Waals surface area contributed by atoms with Gasteiger partial charge >= 0.3 is 0 Å². The molecule has 2 nitrogen and oxygen atoms in total. The van der Waals surface area contributed by atoms with Gasteiger partial charge in [0.25, 0.3) is 0 Å². The van der Waals surface area contributed by atoms with Crippen LogP contribution in [0.2, 0.25) is 0 Å². The summed E-state index contributed by atoms with van der Waals surface area (Å²) in [6.07, 6.45) is 5.90. The monoisotopic (exact) mass is 383 g/mol. The van der Waals surface area contributed by atoms with E-state index in [1.54, 1.807) is 0 Å². The van der Waals surface area contributed by atoms with Crippen LogP contribution in [0.3, 0.4) is 0 Å². The number of hydrogen-bond donors (Lipinski definition) is 0. The van der Waals surface area contributed by atoms with Gasteiger partial charge in [0.15, 0.2) is 0 Å². The fourth-order valence-electron chi connectivity index (χ4n) is 3.50. The average molecular weight is 384 g/mol. The molecule has 148 valence electrons. The van der Waals surface area contributed by atoms with E-state index in [-0.39, 0.29) is 0 Å². The Morgan fingerprint density at radius 3 is 2.24 bits per heavy atom. The van der Waals surface area contributed by atoms with Crippen molar-refractivity contribution in [1.82, 2.24) is 0 Å². The predicted octanol–water partition coefficient (Wildman–Crippen LogP) is 7.03. The molecule has 0 saturated carbocycles. The first-order valence-electron chi connectivity index (χ1n) is 10.6. The van der Waals surface area contributed by atoms with Gasteiger partial charge in [-0.05, 0) is 52.8 Å². The zero-order valence-corrected chi connectivity index (χ0v) is 17.2. The second-order valence-corrected chi connectivity index (χ2v) is 7.36. The summed E-state index contributed by atoms with van der Waals surface area (Å²) >= 11 is 0. The van der Waals surface area contributed by atoms with Crippen LogP contribution >= 0.6 is 0 Å². The van der Waals surface area contributed by atoms with Gasteiger partial charge in [0, 0.05) is 6.61 Å². The molecule has 0 amide bonds. The van der Waals surface area contributed by atoms with Gasteiger partial charge in [-0.25, -0.2) is 0 Å². The van der Waals surface area contributed by atoms with E-state index in [0.29, 0.717) is 5.56 Å². The third-order valence-corrected chi connectivity index (χ3v) is 5.18. The Morgan fingerprint density at radius 2 is 1.52 bits per heavy atom. The predicted molar refractivity (Wildman–Crippen MR) is 121 cm³/mol. The molecule has 3 aromatic carbocycles. The molecule has 2 heteroatoms. The van der Waals surface area contributed by atoms with E-state index >= 15 is 0 Å². The minimum atomic E-state index is 0.681. The van der Waals surface area contributed by atoms with Crippen LogP contribution in [-0.2, 0) is 11.2 Å². The van der Waals surface area contributed by atoms with Gasteiger partial charge in [0.2, 0.25) is 0 Å². The van der Waals surface area contributed by atoms with Gasteiger partial charge in [-0.3, -0.25) is 0 Å². The Hall–Kier alpha value is -2.89. The van der Waals surface area contributed by atoms with Crippen molar-refractivity contribution in [2.45, 2.75) is 39.0 Å². The number of nitriles is 1. The zero-order chi connectivity index (χ0) is 20.3. The third kappa shape index (κ3) is 6.04. The second kappa shape index (κ2) is 11.2. The first kappa shape index (κ1) is 20.8. The van der Waals surface area contributed by atoms with E-state index in [9.17, 15) is 5.26 Å². The summed E-state index contributed by atoms with van der Waals surface area (Å²) in [5.74, 6) is 0. The van der Waals surface area contributed by atoms with Gasteiger partial charge in [0.05, 0.1) is 18.2 Å². The molecule has 0 aliphatic carbocycles. The highest BCUT2D eigenvalue weighted by molar-refractivity contribution is 5.84. The smallest absolute Gasteiger partial charge is 0.0991 e. The van der Waals surface area contributed by atoms with Crippen molar-refractivity contribution in [2.24, 2.45) is 0 Å². The zero-order valence-electron chi connectivity index (χ0n) is 17.2. The van der Waals surface area contributed by atoms with Crippen molar-refractivity contribution in [3.63, 3.8) is 0 Å². The summed E-state index contributed by atoms with van der Waals surface area (Å²) in [7, 11) is 0. The van der Waals surface area contributed by atoms with Crippen LogP contribution in [0, 0.1) is 11.3 Å². The van der Waals surface area contributed by atoms with E-state index in [1.165, 1.54) is 24.8 Å². The molecule has 0 spiro atoms. The summed E-state index contributed by atoms with van der Waals surface area (Å²) in [5, 5.41) is 9.34. The molecule has 0 saturated heterocycles. The van der Waals surface area contributed by atoms with Crippen LogP contribution in [0.25, 0.3) is 22.3 Å². The molecule has 0 atom stereocenters. The lowest BCUT2D eigenvalue weighted by Crippen LogP contribution is -2.00. The van der Waals surface area contributed by atoms with Crippen LogP contribution in [-0.4, -0.2) is 13.2 Å². The van der Waals surface area contributed by atoms with E-state index in [0.717, 1.165) is 48.3 Å². The minimum absolute atomic E-state index is 0.681. The fourth-order valence-corrected chi connectivity index (χ4v) is 3.50. The van der Waals surface area contributed by atoms with E-state index in [2.05, 4.69) is 49.4 Å². The summed E-state index contributed by atoms with van der Waals surface area (Å²) in [6.45, 7) is 3.86. The van der Waals surface area contributed by atoms with Crippen LogP contribution < -0.4 is 0 Å². The van der Waals surface area contributed by atoms with Crippen LogP contribution in [0.1, 0.15) is 43.7 Å². The molecule has 0 fully saturated rings. The summed E-state index contributed by atoms with van der Waals surface area (Å²) < 4.78 is 5.77. The fraction of sp³-hybridized carbons (Fsp3) is 0.296. The third-order valence-electron chi connectivity index (χ3n) is 5.18. The molecule has 0 radical (unpaired) electrons. The molecule has 29 heavy (non-hydrogen) atoms.